The van der Waals surface area contributed by atoms with Crippen molar-refractivity contribution in [1.29, 1.82) is 0 Å². The molecule has 2 heterocycles. The first kappa shape index (κ1) is 10.4. The zero-order valence-electron chi connectivity index (χ0n) is 8.94. The lowest BCUT2D eigenvalue weighted by Gasteiger charge is -2.40. The van der Waals surface area contributed by atoms with E-state index in [9.17, 15) is 9.59 Å². The van der Waals surface area contributed by atoms with Gasteiger partial charge in [-0.3, -0.25) is 9.59 Å². The van der Waals surface area contributed by atoms with Crippen molar-refractivity contribution in [3.8, 4) is 0 Å². The molecule has 2 aliphatic rings. The van der Waals surface area contributed by atoms with Crippen LogP contribution in [-0.4, -0.2) is 61.0 Å². The number of likely N-dealkylation sites (tertiary alicyclic amines) is 1. The zero-order chi connectivity index (χ0) is 10.8. The molecule has 0 aromatic rings. The highest BCUT2D eigenvalue weighted by Crippen LogP contribution is 2.18. The van der Waals surface area contributed by atoms with E-state index in [4.69, 9.17) is 4.74 Å². The zero-order valence-corrected chi connectivity index (χ0v) is 8.94. The Bertz CT molecular complexity index is 268. The minimum atomic E-state index is 0.0204. The fourth-order valence-electron chi connectivity index (χ4n) is 1.93. The summed E-state index contributed by atoms with van der Waals surface area (Å²) in [4.78, 5) is 26.4. The quantitative estimate of drug-likeness (QED) is 0.579. The van der Waals surface area contributed by atoms with Gasteiger partial charge >= 0.3 is 0 Å². The van der Waals surface area contributed by atoms with Crippen molar-refractivity contribution in [2.24, 2.45) is 5.92 Å². The van der Waals surface area contributed by atoms with Gasteiger partial charge in [0, 0.05) is 33.1 Å². The molecule has 15 heavy (non-hydrogen) atoms. The van der Waals surface area contributed by atoms with Crippen molar-refractivity contribution >= 4 is 11.8 Å². The van der Waals surface area contributed by atoms with Crippen LogP contribution in [0.5, 0.6) is 0 Å². The van der Waals surface area contributed by atoms with Crippen LogP contribution in [0.3, 0.4) is 0 Å². The Morgan fingerprint density at radius 3 is 2.27 bits per heavy atom. The Morgan fingerprint density at radius 2 is 1.73 bits per heavy atom. The summed E-state index contributed by atoms with van der Waals surface area (Å²) in [6.45, 7) is 5.36. The van der Waals surface area contributed by atoms with Gasteiger partial charge in [0.1, 0.15) is 0 Å². The predicted molar refractivity (Wildman–Crippen MR) is 53.1 cm³/mol. The molecule has 0 aromatic heterocycles. The molecule has 0 aromatic carbocycles. The van der Waals surface area contributed by atoms with Crippen molar-refractivity contribution in [3.63, 3.8) is 0 Å². The van der Waals surface area contributed by atoms with Crippen molar-refractivity contribution in [2.75, 3.05) is 39.4 Å². The van der Waals surface area contributed by atoms with Gasteiger partial charge in [0.2, 0.25) is 11.8 Å². The third-order valence-electron chi connectivity index (χ3n) is 3.00. The van der Waals surface area contributed by atoms with E-state index in [0.29, 0.717) is 39.4 Å². The van der Waals surface area contributed by atoms with E-state index < -0.39 is 0 Å². The summed E-state index contributed by atoms with van der Waals surface area (Å²) in [5, 5.41) is 0. The van der Waals surface area contributed by atoms with Crippen LogP contribution in [0, 0.1) is 5.92 Å². The monoisotopic (exact) mass is 212 g/mol. The summed E-state index contributed by atoms with van der Waals surface area (Å²) in [5.74, 6) is 0.254. The van der Waals surface area contributed by atoms with Crippen LogP contribution in [0.4, 0.5) is 0 Å². The maximum atomic E-state index is 11.9. The molecule has 0 atom stereocenters. The second-order valence-electron chi connectivity index (χ2n) is 4.06. The van der Waals surface area contributed by atoms with Gasteiger partial charge in [-0.2, -0.15) is 0 Å². The first-order valence-corrected chi connectivity index (χ1v) is 5.30. The van der Waals surface area contributed by atoms with Gasteiger partial charge in [0.25, 0.3) is 0 Å². The van der Waals surface area contributed by atoms with E-state index in [-0.39, 0.29) is 17.7 Å². The summed E-state index contributed by atoms with van der Waals surface area (Å²) >= 11 is 0. The lowest BCUT2D eigenvalue weighted by molar-refractivity contribution is -0.150. The number of hydrogen-bond acceptors (Lipinski definition) is 3. The molecule has 2 aliphatic heterocycles. The first-order chi connectivity index (χ1) is 7.18. The minimum absolute atomic E-state index is 0.0204. The molecule has 2 amide bonds. The molecule has 84 valence electrons. The maximum Gasteiger partial charge on any atom is 0.229 e. The predicted octanol–water partition coefficient (Wildman–Crippen LogP) is -0.676. The average Bonchev–Trinajstić information content (AvgIpc) is 2.16. The molecule has 5 heteroatoms. The lowest BCUT2D eigenvalue weighted by Crippen LogP contribution is -2.57. The number of rotatable bonds is 1. The van der Waals surface area contributed by atoms with Crippen molar-refractivity contribution in [2.45, 2.75) is 6.92 Å². The standard InChI is InChI=1S/C10H16N2O3/c1-8(13)12-6-9(7-12)10(14)11-2-4-15-5-3-11/h9H,2-7H2,1H3. The maximum absolute atomic E-state index is 11.9. The van der Waals surface area contributed by atoms with Crippen molar-refractivity contribution in [1.82, 2.24) is 9.80 Å². The fourth-order valence-corrected chi connectivity index (χ4v) is 1.93. The lowest BCUT2D eigenvalue weighted by atomic mass is 9.98. The topological polar surface area (TPSA) is 49.9 Å². The molecule has 0 unspecified atom stereocenters. The van der Waals surface area contributed by atoms with E-state index in [1.807, 2.05) is 4.90 Å². The van der Waals surface area contributed by atoms with Crippen LogP contribution in [0.15, 0.2) is 0 Å². The molecule has 0 spiro atoms. The molecule has 0 saturated carbocycles. The summed E-state index contributed by atoms with van der Waals surface area (Å²) in [6, 6.07) is 0. The third-order valence-corrected chi connectivity index (χ3v) is 3.00. The normalized spacial score (nSPS) is 22.5. The smallest absolute Gasteiger partial charge is 0.229 e. The number of carbonyl (C=O) groups is 2. The second-order valence-corrected chi connectivity index (χ2v) is 4.06. The molecule has 2 saturated heterocycles. The van der Waals surface area contributed by atoms with Gasteiger partial charge in [0.15, 0.2) is 0 Å². The van der Waals surface area contributed by atoms with Gasteiger partial charge in [-0.25, -0.2) is 0 Å². The number of hydrogen-bond donors (Lipinski definition) is 0. The summed E-state index contributed by atoms with van der Waals surface area (Å²) in [6.07, 6.45) is 0. The third kappa shape index (κ3) is 2.12. The fraction of sp³-hybridized carbons (Fsp3) is 0.800. The van der Waals surface area contributed by atoms with Crippen LogP contribution in [0.1, 0.15) is 6.92 Å². The second kappa shape index (κ2) is 4.18. The molecule has 0 N–H and O–H groups in total. The Hall–Kier alpha value is -1.10. The molecule has 5 nitrogen and oxygen atoms in total. The number of morpholine rings is 1. The highest BCUT2D eigenvalue weighted by Gasteiger charge is 2.36. The Morgan fingerprint density at radius 1 is 1.13 bits per heavy atom. The van der Waals surface area contributed by atoms with Crippen LogP contribution in [0.25, 0.3) is 0 Å². The number of carbonyl (C=O) groups excluding carboxylic acids is 2. The van der Waals surface area contributed by atoms with Crippen molar-refractivity contribution in [3.05, 3.63) is 0 Å². The molecule has 2 rings (SSSR count). The molecule has 2 fully saturated rings. The number of ether oxygens (including phenoxy) is 1. The van der Waals surface area contributed by atoms with E-state index in [1.54, 1.807) is 4.90 Å². The van der Waals surface area contributed by atoms with Crippen LogP contribution < -0.4 is 0 Å². The number of amides is 2. The summed E-state index contributed by atoms with van der Waals surface area (Å²) in [7, 11) is 0. The SMILES string of the molecule is CC(=O)N1CC(C(=O)N2CCOCC2)C1. The van der Waals surface area contributed by atoms with Crippen molar-refractivity contribution < 1.29 is 14.3 Å². The number of nitrogens with zero attached hydrogens (tertiary/aromatic N) is 2. The molecular weight excluding hydrogens is 196 g/mol. The average molecular weight is 212 g/mol. The first-order valence-electron chi connectivity index (χ1n) is 5.30. The van der Waals surface area contributed by atoms with E-state index in [1.165, 1.54) is 6.92 Å². The summed E-state index contributed by atoms with van der Waals surface area (Å²) < 4.78 is 5.18. The van der Waals surface area contributed by atoms with Crippen LogP contribution >= 0.6 is 0 Å². The molecule has 0 bridgehead atoms. The van der Waals surface area contributed by atoms with Gasteiger partial charge in [-0.15, -0.1) is 0 Å². The Balaban J connectivity index is 1.80. The Kier molecular flexibility index (Phi) is 2.90. The van der Waals surface area contributed by atoms with E-state index in [2.05, 4.69) is 0 Å². The van der Waals surface area contributed by atoms with Gasteiger partial charge in [-0.05, 0) is 0 Å². The molecular formula is C10H16N2O3. The Labute approximate surface area is 89.0 Å². The largest absolute Gasteiger partial charge is 0.378 e. The van der Waals surface area contributed by atoms with Gasteiger partial charge in [-0.1, -0.05) is 0 Å². The van der Waals surface area contributed by atoms with Gasteiger partial charge in [0.05, 0.1) is 19.1 Å². The van der Waals surface area contributed by atoms with E-state index >= 15 is 0 Å². The molecule has 0 aliphatic carbocycles. The highest BCUT2D eigenvalue weighted by atomic mass is 16.5. The highest BCUT2D eigenvalue weighted by molar-refractivity contribution is 5.83. The van der Waals surface area contributed by atoms with Crippen LogP contribution in [-0.2, 0) is 14.3 Å². The van der Waals surface area contributed by atoms with Gasteiger partial charge < -0.3 is 14.5 Å². The summed E-state index contributed by atoms with van der Waals surface area (Å²) in [5.41, 5.74) is 0. The van der Waals surface area contributed by atoms with Crippen LogP contribution in [0.2, 0.25) is 0 Å². The van der Waals surface area contributed by atoms with E-state index in [0.717, 1.165) is 0 Å². The minimum Gasteiger partial charge on any atom is -0.378 e. The molecule has 0 radical (unpaired) electrons.